The van der Waals surface area contributed by atoms with Crippen molar-refractivity contribution in [2.75, 3.05) is 37.9 Å². The number of carbonyl (C=O) groups is 2. The first-order chi connectivity index (χ1) is 21.6. The van der Waals surface area contributed by atoms with Gasteiger partial charge < -0.3 is 25.2 Å². The fourth-order valence-electron chi connectivity index (χ4n) is 5.40. The van der Waals surface area contributed by atoms with E-state index in [1.807, 2.05) is 44.2 Å². The maximum absolute atomic E-state index is 13.1. The van der Waals surface area contributed by atoms with Gasteiger partial charge in [0.1, 0.15) is 11.4 Å². The molecule has 2 aromatic heterocycles. The molecule has 1 atom stereocenters. The number of aromatic nitrogens is 2. The van der Waals surface area contributed by atoms with Gasteiger partial charge in [-0.2, -0.15) is 0 Å². The second-order valence-electron chi connectivity index (χ2n) is 11.3. The van der Waals surface area contributed by atoms with Crippen molar-refractivity contribution in [3.63, 3.8) is 0 Å². The molecule has 0 spiro atoms. The van der Waals surface area contributed by atoms with E-state index >= 15 is 0 Å². The Kier molecular flexibility index (Phi) is 9.91. The minimum atomic E-state index is -0.668. The van der Waals surface area contributed by atoms with E-state index in [0.29, 0.717) is 40.6 Å². The Morgan fingerprint density at radius 2 is 1.56 bits per heavy atom. The van der Waals surface area contributed by atoms with Crippen molar-refractivity contribution in [3.8, 4) is 11.1 Å². The highest BCUT2D eigenvalue weighted by Gasteiger charge is 2.31. The van der Waals surface area contributed by atoms with Crippen LogP contribution in [0.2, 0.25) is 5.02 Å². The molecule has 1 saturated heterocycles. The molecule has 2 amide bonds. The number of ether oxygens (including phenoxy) is 2. The van der Waals surface area contributed by atoms with E-state index in [2.05, 4.69) is 25.5 Å². The summed E-state index contributed by atoms with van der Waals surface area (Å²) < 4.78 is 10.5. The molecular formula is C34H36ClN5O5. The highest BCUT2D eigenvalue weighted by Crippen LogP contribution is 2.37. The van der Waals surface area contributed by atoms with Gasteiger partial charge in [-0.05, 0) is 61.2 Å². The summed E-state index contributed by atoms with van der Waals surface area (Å²) >= 11 is 6.83. The second-order valence-corrected chi connectivity index (χ2v) is 11.7. The third-order valence-electron chi connectivity index (χ3n) is 7.83. The van der Waals surface area contributed by atoms with Crippen LogP contribution in [-0.4, -0.2) is 64.7 Å². The zero-order valence-electron chi connectivity index (χ0n) is 25.6. The molecule has 10 nitrogen and oxygen atoms in total. The van der Waals surface area contributed by atoms with Gasteiger partial charge >= 0.3 is 0 Å². The molecule has 0 radical (unpaired) electrons. The Labute approximate surface area is 267 Å². The SMILES string of the molecule is COC(OC)c1ccc(C(=O)Nc2cccc(-c3cccc(NC(=O)c4ccc(CN5CCC(C)(O)C5)cn4)c3Cl)c2C)nc1. The molecule has 234 valence electrons. The van der Waals surface area contributed by atoms with Crippen molar-refractivity contribution in [1.82, 2.24) is 14.9 Å². The van der Waals surface area contributed by atoms with Gasteiger partial charge in [0, 0.05) is 63.1 Å². The predicted octanol–water partition coefficient (Wildman–Crippen LogP) is 5.86. The zero-order valence-corrected chi connectivity index (χ0v) is 26.4. The maximum Gasteiger partial charge on any atom is 0.274 e. The molecule has 5 rings (SSSR count). The molecule has 2 aromatic carbocycles. The molecule has 1 aliphatic rings. The first kappa shape index (κ1) is 32.2. The molecule has 0 saturated carbocycles. The number of halogens is 1. The Morgan fingerprint density at radius 3 is 2.13 bits per heavy atom. The van der Waals surface area contributed by atoms with Crippen molar-refractivity contribution >= 4 is 34.8 Å². The van der Waals surface area contributed by atoms with Crippen LogP contribution in [0, 0.1) is 6.92 Å². The van der Waals surface area contributed by atoms with E-state index in [4.69, 9.17) is 21.1 Å². The summed E-state index contributed by atoms with van der Waals surface area (Å²) in [5.41, 5.74) is 4.81. The van der Waals surface area contributed by atoms with Crippen LogP contribution in [-0.2, 0) is 16.0 Å². The van der Waals surface area contributed by atoms with Gasteiger partial charge in [-0.3, -0.25) is 24.5 Å². The number of carbonyl (C=O) groups excluding carboxylic acids is 2. The Hall–Kier alpha value is -4.19. The van der Waals surface area contributed by atoms with Gasteiger partial charge in [0.15, 0.2) is 6.29 Å². The summed E-state index contributed by atoms with van der Waals surface area (Å²) in [5, 5.41) is 16.4. The quantitative estimate of drug-likeness (QED) is 0.186. The standard InChI is InChI=1S/C34H36ClN5O5/c1-21-24(7-5-9-26(21)38-31(41)29-14-12-23(18-37-29)33(44-3)45-4)25-8-6-10-27(30(25)35)39-32(42)28-13-11-22(17-36-28)19-40-16-15-34(2,43)20-40/h5-14,17-18,33,43H,15-16,19-20H2,1-4H3,(H,38,41)(H,39,42). The Balaban J connectivity index is 1.28. The van der Waals surface area contributed by atoms with Crippen LogP contribution in [0.3, 0.4) is 0 Å². The number of hydrogen-bond donors (Lipinski definition) is 3. The van der Waals surface area contributed by atoms with Crippen molar-refractivity contribution in [2.45, 2.75) is 38.7 Å². The fourth-order valence-corrected chi connectivity index (χ4v) is 5.68. The molecule has 1 unspecified atom stereocenters. The maximum atomic E-state index is 13.1. The minimum absolute atomic E-state index is 0.239. The number of β-amino-alcohol motifs (C(OH)–C–C–N with tert-alkyl or cyclic N) is 1. The summed E-state index contributed by atoms with van der Waals surface area (Å²) in [6.45, 7) is 5.81. The number of hydrogen-bond acceptors (Lipinski definition) is 8. The topological polar surface area (TPSA) is 126 Å². The normalized spacial score (nSPS) is 16.6. The van der Waals surface area contributed by atoms with Crippen LogP contribution in [0.15, 0.2) is 73.1 Å². The number of nitrogens with one attached hydrogen (secondary N) is 2. The Morgan fingerprint density at radius 1 is 0.933 bits per heavy atom. The van der Waals surface area contributed by atoms with Crippen LogP contribution >= 0.6 is 11.6 Å². The van der Waals surface area contributed by atoms with Crippen LogP contribution < -0.4 is 10.6 Å². The smallest absolute Gasteiger partial charge is 0.274 e. The van der Waals surface area contributed by atoms with Gasteiger partial charge in [0.25, 0.3) is 11.8 Å². The number of nitrogens with zero attached hydrogens (tertiary/aromatic N) is 3. The number of anilines is 2. The van der Waals surface area contributed by atoms with Crippen molar-refractivity contribution in [2.24, 2.45) is 0 Å². The fraction of sp³-hybridized carbons (Fsp3) is 0.294. The summed E-state index contributed by atoms with van der Waals surface area (Å²) in [5.74, 6) is -0.755. The highest BCUT2D eigenvalue weighted by atomic mass is 35.5. The van der Waals surface area contributed by atoms with Gasteiger partial charge in [-0.25, -0.2) is 0 Å². The first-order valence-corrected chi connectivity index (χ1v) is 14.9. The number of amides is 2. The van der Waals surface area contributed by atoms with E-state index in [1.54, 1.807) is 42.7 Å². The monoisotopic (exact) mass is 629 g/mol. The molecule has 11 heteroatoms. The molecule has 0 bridgehead atoms. The van der Waals surface area contributed by atoms with Crippen LogP contribution in [0.5, 0.6) is 0 Å². The summed E-state index contributed by atoms with van der Waals surface area (Å²) in [6.07, 6.45) is 3.39. The van der Waals surface area contributed by atoms with E-state index in [-0.39, 0.29) is 23.2 Å². The van der Waals surface area contributed by atoms with Gasteiger partial charge in [-0.1, -0.05) is 48.0 Å². The van der Waals surface area contributed by atoms with E-state index in [9.17, 15) is 14.7 Å². The highest BCUT2D eigenvalue weighted by molar-refractivity contribution is 6.36. The lowest BCUT2D eigenvalue weighted by Crippen LogP contribution is -2.29. The van der Waals surface area contributed by atoms with E-state index in [0.717, 1.165) is 29.7 Å². The molecule has 45 heavy (non-hydrogen) atoms. The van der Waals surface area contributed by atoms with Crippen molar-refractivity contribution in [3.05, 3.63) is 106 Å². The van der Waals surface area contributed by atoms with Crippen LogP contribution in [0.1, 0.15) is 57.3 Å². The van der Waals surface area contributed by atoms with Crippen molar-refractivity contribution < 1.29 is 24.2 Å². The molecule has 3 heterocycles. The summed E-state index contributed by atoms with van der Waals surface area (Å²) in [4.78, 5) is 36.9. The third-order valence-corrected chi connectivity index (χ3v) is 8.24. The molecule has 4 aromatic rings. The molecular weight excluding hydrogens is 594 g/mol. The largest absolute Gasteiger partial charge is 0.389 e. The number of methoxy groups -OCH3 is 2. The second kappa shape index (κ2) is 13.8. The van der Waals surface area contributed by atoms with E-state index in [1.165, 1.54) is 14.2 Å². The predicted molar refractivity (Wildman–Crippen MR) is 173 cm³/mol. The molecule has 3 N–H and O–H groups in total. The molecule has 1 fully saturated rings. The Bertz CT molecular complexity index is 1670. The number of likely N-dealkylation sites (tertiary alicyclic amines) is 1. The summed E-state index contributed by atoms with van der Waals surface area (Å²) in [6, 6.07) is 17.8. The average molecular weight is 630 g/mol. The zero-order chi connectivity index (χ0) is 32.1. The van der Waals surface area contributed by atoms with Gasteiger partial charge in [0.05, 0.1) is 16.3 Å². The number of aliphatic hydroxyl groups is 1. The van der Waals surface area contributed by atoms with Gasteiger partial charge in [0.2, 0.25) is 0 Å². The lowest BCUT2D eigenvalue weighted by Gasteiger charge is -2.18. The lowest BCUT2D eigenvalue weighted by molar-refractivity contribution is -0.106. The van der Waals surface area contributed by atoms with Crippen molar-refractivity contribution in [1.29, 1.82) is 0 Å². The van der Waals surface area contributed by atoms with Crippen LogP contribution in [0.25, 0.3) is 11.1 Å². The van der Waals surface area contributed by atoms with Crippen LogP contribution in [0.4, 0.5) is 11.4 Å². The lowest BCUT2D eigenvalue weighted by atomic mass is 9.98. The minimum Gasteiger partial charge on any atom is -0.389 e. The number of benzene rings is 2. The van der Waals surface area contributed by atoms with E-state index < -0.39 is 11.9 Å². The summed E-state index contributed by atoms with van der Waals surface area (Å²) in [7, 11) is 3.06. The van der Waals surface area contributed by atoms with Gasteiger partial charge in [-0.15, -0.1) is 0 Å². The number of rotatable bonds is 10. The molecule has 1 aliphatic heterocycles. The number of pyridine rings is 2. The average Bonchev–Trinajstić information content (AvgIpc) is 3.38. The molecule has 0 aliphatic carbocycles. The first-order valence-electron chi connectivity index (χ1n) is 14.5. The third kappa shape index (κ3) is 7.55.